The van der Waals surface area contributed by atoms with Gasteiger partial charge in [0.25, 0.3) is 5.91 Å². The van der Waals surface area contributed by atoms with E-state index in [1.807, 2.05) is 28.9 Å². The van der Waals surface area contributed by atoms with Crippen molar-refractivity contribution in [3.05, 3.63) is 71.2 Å². The highest BCUT2D eigenvalue weighted by Crippen LogP contribution is 2.36. The smallest absolute Gasteiger partial charge is 0.255 e. The van der Waals surface area contributed by atoms with Crippen molar-refractivity contribution in [3.63, 3.8) is 0 Å². The minimum atomic E-state index is 0.0398. The zero-order valence-electron chi connectivity index (χ0n) is 18.6. The number of allylic oxidation sites excluding steroid dienone is 5. The molecule has 0 radical (unpaired) electrons. The molecule has 1 aromatic carbocycles. The first kappa shape index (κ1) is 20.0. The molecule has 5 heteroatoms. The van der Waals surface area contributed by atoms with Crippen molar-refractivity contribution in [2.45, 2.75) is 33.1 Å². The Morgan fingerprint density at radius 2 is 1.97 bits per heavy atom. The fourth-order valence-corrected chi connectivity index (χ4v) is 5.06. The number of aromatic nitrogens is 2. The van der Waals surface area contributed by atoms with Crippen LogP contribution in [0.3, 0.4) is 0 Å². The fourth-order valence-electron chi connectivity index (χ4n) is 5.06. The Balaban J connectivity index is 1.52. The second-order valence-corrected chi connectivity index (χ2v) is 9.06. The molecule has 2 aromatic rings. The number of piperidine rings is 1. The molecule has 0 spiro atoms. The van der Waals surface area contributed by atoms with Gasteiger partial charge in [0.15, 0.2) is 0 Å². The Hall–Kier alpha value is -2.92. The second kappa shape index (κ2) is 7.97. The maximum Gasteiger partial charge on any atom is 0.255 e. The standard InChI is InChI=1S/C26H30N4O/c1-17-4-6-24-18(2)12-22(19-8-10-27-11-9-19)16-30(24)26(31)14-23(17)20-5-7-25-21(13-20)15-28-29(25)3/h5-7,12-17,19,27H,4,8-11H2,1-3H3. The topological polar surface area (TPSA) is 50.2 Å². The largest absolute Gasteiger partial charge is 0.317 e. The van der Waals surface area contributed by atoms with Crippen LogP contribution in [0.25, 0.3) is 16.5 Å². The summed E-state index contributed by atoms with van der Waals surface area (Å²) in [5.74, 6) is 0.819. The highest BCUT2D eigenvalue weighted by Gasteiger charge is 2.27. The van der Waals surface area contributed by atoms with E-state index in [0.717, 1.165) is 60.1 Å². The van der Waals surface area contributed by atoms with Crippen molar-refractivity contribution in [1.29, 1.82) is 0 Å². The number of aryl methyl sites for hydroxylation is 1. The molecule has 1 atom stereocenters. The van der Waals surface area contributed by atoms with Crippen LogP contribution in [0, 0.1) is 11.8 Å². The number of carbonyl (C=O) groups is 1. The first-order valence-electron chi connectivity index (χ1n) is 11.3. The van der Waals surface area contributed by atoms with Gasteiger partial charge in [-0.3, -0.25) is 14.4 Å². The summed E-state index contributed by atoms with van der Waals surface area (Å²) < 4.78 is 1.88. The molecule has 3 aliphatic rings. The van der Waals surface area contributed by atoms with Crippen molar-refractivity contribution < 1.29 is 4.79 Å². The molecule has 0 bridgehead atoms. The third-order valence-corrected chi connectivity index (χ3v) is 6.93. The normalized spacial score (nSPS) is 22.9. The molecule has 5 nitrogen and oxygen atoms in total. The first-order chi connectivity index (χ1) is 15.0. The Bertz CT molecular complexity index is 1160. The minimum absolute atomic E-state index is 0.0398. The zero-order valence-corrected chi connectivity index (χ0v) is 18.6. The Labute approximate surface area is 183 Å². The van der Waals surface area contributed by atoms with Crippen molar-refractivity contribution in [1.82, 2.24) is 20.0 Å². The molecule has 1 unspecified atom stereocenters. The molecule has 1 saturated heterocycles. The number of fused-ring (bicyclic) bond motifs is 2. The van der Waals surface area contributed by atoms with Gasteiger partial charge in [0.1, 0.15) is 0 Å². The Kier molecular flexibility index (Phi) is 5.14. The first-order valence-corrected chi connectivity index (χ1v) is 11.3. The number of benzene rings is 1. The van der Waals surface area contributed by atoms with Gasteiger partial charge in [-0.05, 0) is 85.5 Å². The summed E-state index contributed by atoms with van der Waals surface area (Å²) in [6, 6.07) is 6.37. The lowest BCUT2D eigenvalue weighted by atomic mass is 9.85. The lowest BCUT2D eigenvalue weighted by Gasteiger charge is -2.33. The Morgan fingerprint density at radius 3 is 2.77 bits per heavy atom. The van der Waals surface area contributed by atoms with Crippen LogP contribution in [0.15, 0.2) is 65.7 Å². The quantitative estimate of drug-likeness (QED) is 0.784. The van der Waals surface area contributed by atoms with Crippen LogP contribution in [0.1, 0.15) is 38.7 Å². The van der Waals surface area contributed by atoms with Gasteiger partial charge in [-0.1, -0.05) is 25.1 Å². The van der Waals surface area contributed by atoms with E-state index in [1.54, 1.807) is 0 Å². The third kappa shape index (κ3) is 3.68. The number of hydrogen-bond acceptors (Lipinski definition) is 3. The van der Waals surface area contributed by atoms with Crippen LogP contribution in [0.2, 0.25) is 0 Å². The van der Waals surface area contributed by atoms with Crippen LogP contribution in [-0.4, -0.2) is 33.7 Å². The van der Waals surface area contributed by atoms with Crippen LogP contribution in [0.5, 0.6) is 0 Å². The van der Waals surface area contributed by atoms with Crippen molar-refractivity contribution in [2.75, 3.05) is 13.1 Å². The van der Waals surface area contributed by atoms with Gasteiger partial charge >= 0.3 is 0 Å². The average molecular weight is 415 g/mol. The average Bonchev–Trinajstić information content (AvgIpc) is 3.15. The minimum Gasteiger partial charge on any atom is -0.317 e. The maximum absolute atomic E-state index is 13.5. The number of amides is 1. The van der Waals surface area contributed by atoms with E-state index in [1.165, 1.54) is 11.1 Å². The predicted octanol–water partition coefficient (Wildman–Crippen LogP) is 4.55. The van der Waals surface area contributed by atoms with E-state index >= 15 is 0 Å². The number of nitrogens with zero attached hydrogens (tertiary/aromatic N) is 3. The van der Waals surface area contributed by atoms with E-state index < -0.39 is 0 Å². The summed E-state index contributed by atoms with van der Waals surface area (Å²) in [5, 5.41) is 8.90. The van der Waals surface area contributed by atoms with Gasteiger partial charge in [0, 0.05) is 30.4 Å². The van der Waals surface area contributed by atoms with E-state index in [4.69, 9.17) is 0 Å². The number of carbonyl (C=O) groups excluding carboxylic acids is 1. The molecule has 31 heavy (non-hydrogen) atoms. The third-order valence-electron chi connectivity index (χ3n) is 6.93. The lowest BCUT2D eigenvalue weighted by molar-refractivity contribution is -0.122. The van der Waals surface area contributed by atoms with Gasteiger partial charge in [0.05, 0.1) is 11.7 Å². The molecule has 1 fully saturated rings. The zero-order chi connectivity index (χ0) is 21.5. The molecule has 160 valence electrons. The van der Waals surface area contributed by atoms with Crippen LogP contribution >= 0.6 is 0 Å². The van der Waals surface area contributed by atoms with Gasteiger partial charge in [0.2, 0.25) is 0 Å². The molecule has 0 aliphatic carbocycles. The van der Waals surface area contributed by atoms with Gasteiger partial charge in [-0.2, -0.15) is 5.10 Å². The van der Waals surface area contributed by atoms with Crippen LogP contribution in [-0.2, 0) is 11.8 Å². The number of rotatable bonds is 2. The monoisotopic (exact) mass is 414 g/mol. The number of nitrogens with one attached hydrogen (secondary N) is 1. The lowest BCUT2D eigenvalue weighted by Crippen LogP contribution is -2.32. The molecule has 1 N–H and O–H groups in total. The maximum atomic E-state index is 13.5. The second-order valence-electron chi connectivity index (χ2n) is 9.06. The van der Waals surface area contributed by atoms with E-state index in [-0.39, 0.29) is 11.8 Å². The number of hydrogen-bond donors (Lipinski definition) is 1. The van der Waals surface area contributed by atoms with E-state index in [2.05, 4.69) is 60.8 Å². The Morgan fingerprint density at radius 1 is 1.16 bits per heavy atom. The summed E-state index contributed by atoms with van der Waals surface area (Å²) >= 11 is 0. The summed E-state index contributed by atoms with van der Waals surface area (Å²) in [6.45, 7) is 6.43. The van der Waals surface area contributed by atoms with Gasteiger partial charge in [-0.15, -0.1) is 0 Å². The van der Waals surface area contributed by atoms with Gasteiger partial charge < -0.3 is 5.32 Å². The van der Waals surface area contributed by atoms with Crippen LogP contribution < -0.4 is 5.32 Å². The molecule has 5 rings (SSSR count). The molecule has 4 heterocycles. The molecule has 1 aromatic heterocycles. The van der Waals surface area contributed by atoms with Crippen molar-refractivity contribution in [2.24, 2.45) is 18.9 Å². The highest BCUT2D eigenvalue weighted by molar-refractivity contribution is 5.99. The summed E-state index contributed by atoms with van der Waals surface area (Å²) in [5.41, 5.74) is 6.80. The summed E-state index contributed by atoms with van der Waals surface area (Å²) in [6.07, 6.45) is 13.5. The molecule has 3 aliphatic heterocycles. The summed E-state index contributed by atoms with van der Waals surface area (Å²) in [7, 11) is 1.95. The van der Waals surface area contributed by atoms with E-state index in [9.17, 15) is 4.79 Å². The fraction of sp³-hybridized carbons (Fsp3) is 0.385. The predicted molar refractivity (Wildman–Crippen MR) is 125 cm³/mol. The van der Waals surface area contributed by atoms with Crippen LogP contribution in [0.4, 0.5) is 0 Å². The summed E-state index contributed by atoms with van der Waals surface area (Å²) in [4.78, 5) is 15.4. The highest BCUT2D eigenvalue weighted by atomic mass is 16.2. The van der Waals surface area contributed by atoms with Gasteiger partial charge in [-0.25, -0.2) is 0 Å². The molecular weight excluding hydrogens is 384 g/mol. The van der Waals surface area contributed by atoms with Crippen molar-refractivity contribution in [3.8, 4) is 0 Å². The van der Waals surface area contributed by atoms with Crippen molar-refractivity contribution >= 4 is 22.4 Å². The SMILES string of the molecule is CC1=CC(C2CCNCC2)=CN2C(=O)C=C(c3ccc4c(cnn4C)c3)C(C)CC=C12. The molecular formula is C26H30N4O. The molecule has 0 saturated carbocycles. The van der Waals surface area contributed by atoms with E-state index in [0.29, 0.717) is 5.92 Å². The molecule has 1 amide bonds.